The molecule has 3 nitrogen and oxygen atoms in total. The first kappa shape index (κ1) is 17.1. The minimum atomic E-state index is -0.506. The van der Waals surface area contributed by atoms with Crippen LogP contribution >= 0.6 is 22.7 Å². The van der Waals surface area contributed by atoms with Gasteiger partial charge in [0.2, 0.25) is 0 Å². The van der Waals surface area contributed by atoms with Crippen LogP contribution in [0.5, 0.6) is 0 Å². The van der Waals surface area contributed by atoms with Crippen LogP contribution in [0.4, 0.5) is 4.39 Å². The van der Waals surface area contributed by atoms with Gasteiger partial charge in [-0.15, -0.1) is 22.7 Å². The molecule has 0 radical (unpaired) electrons. The summed E-state index contributed by atoms with van der Waals surface area (Å²) < 4.78 is 21.4. The minimum Gasteiger partial charge on any atom is -0.394 e. The fraction of sp³-hybridized carbons (Fsp3) is 0.368. The van der Waals surface area contributed by atoms with Crippen molar-refractivity contribution in [2.75, 3.05) is 6.61 Å². The topological polar surface area (TPSA) is 49.7 Å². The number of hydrogen-bond acceptors (Lipinski definition) is 5. The fourth-order valence-electron chi connectivity index (χ4n) is 3.34. The number of rotatable bonds is 4. The first-order valence-electron chi connectivity index (χ1n) is 8.31. The quantitative estimate of drug-likeness (QED) is 0.713. The maximum atomic E-state index is 14.3. The van der Waals surface area contributed by atoms with E-state index < -0.39 is 6.10 Å². The van der Waals surface area contributed by atoms with Gasteiger partial charge in [0.25, 0.3) is 0 Å². The zero-order valence-corrected chi connectivity index (χ0v) is 15.2. The van der Waals surface area contributed by atoms with Gasteiger partial charge in [0.05, 0.1) is 28.9 Å². The molecule has 6 heteroatoms. The molecule has 3 heterocycles. The molecule has 2 N–H and O–H groups in total. The Kier molecular flexibility index (Phi) is 4.88. The second kappa shape index (κ2) is 7.13. The molecule has 0 bridgehead atoms. The highest BCUT2D eigenvalue weighted by Crippen LogP contribution is 2.34. The van der Waals surface area contributed by atoms with E-state index in [4.69, 9.17) is 4.74 Å². The highest BCUT2D eigenvalue weighted by atomic mass is 32.2. The zero-order valence-electron chi connectivity index (χ0n) is 13.5. The van der Waals surface area contributed by atoms with Gasteiger partial charge in [-0.25, -0.2) is 4.39 Å². The van der Waals surface area contributed by atoms with Gasteiger partial charge in [-0.2, -0.15) is 0 Å². The lowest BCUT2D eigenvalue weighted by Gasteiger charge is -2.32. The Labute approximate surface area is 153 Å². The van der Waals surface area contributed by atoms with Crippen LogP contribution in [-0.2, 0) is 11.2 Å². The third kappa shape index (κ3) is 3.64. The number of ether oxygens (including phenoxy) is 1. The molecule has 1 saturated heterocycles. The molecule has 1 fully saturated rings. The Morgan fingerprint density at radius 1 is 1.20 bits per heavy atom. The summed E-state index contributed by atoms with van der Waals surface area (Å²) in [5.74, 6) is -0.226. The van der Waals surface area contributed by atoms with Gasteiger partial charge in [0.15, 0.2) is 0 Å². The molecule has 1 aromatic carbocycles. The molecule has 0 amide bonds. The summed E-state index contributed by atoms with van der Waals surface area (Å²) >= 11 is 3.41. The number of aliphatic hydroxyl groups excluding tert-OH is 2. The van der Waals surface area contributed by atoms with Gasteiger partial charge in [-0.1, -0.05) is 6.07 Å². The third-order valence-electron chi connectivity index (χ3n) is 4.59. The summed E-state index contributed by atoms with van der Waals surface area (Å²) in [4.78, 5) is 1.13. The third-order valence-corrected chi connectivity index (χ3v) is 6.79. The maximum absolute atomic E-state index is 14.3. The lowest BCUT2D eigenvalue weighted by atomic mass is 9.94. The largest absolute Gasteiger partial charge is 0.394 e. The highest BCUT2D eigenvalue weighted by molar-refractivity contribution is 7.37. The van der Waals surface area contributed by atoms with Crippen LogP contribution in [0.15, 0.2) is 35.7 Å². The van der Waals surface area contributed by atoms with E-state index in [1.165, 1.54) is 15.5 Å². The number of aliphatic hydroxyl groups is 2. The van der Waals surface area contributed by atoms with Crippen molar-refractivity contribution in [1.82, 2.24) is 0 Å². The molecule has 132 valence electrons. The van der Waals surface area contributed by atoms with E-state index in [-0.39, 0.29) is 24.6 Å². The molecule has 25 heavy (non-hydrogen) atoms. The predicted molar refractivity (Wildman–Crippen MR) is 98.8 cm³/mol. The summed E-state index contributed by atoms with van der Waals surface area (Å²) in [7, 11) is 0. The van der Waals surface area contributed by atoms with Gasteiger partial charge in [-0.3, -0.25) is 0 Å². The molecule has 3 atom stereocenters. The lowest BCUT2D eigenvalue weighted by molar-refractivity contribution is -0.113. The van der Waals surface area contributed by atoms with Gasteiger partial charge < -0.3 is 14.9 Å². The molecular formula is C19H19FO3S2. The average Bonchev–Trinajstić information content (AvgIpc) is 3.17. The van der Waals surface area contributed by atoms with E-state index >= 15 is 0 Å². The number of hydrogen-bond donors (Lipinski definition) is 2. The SMILES string of the molecule is OCC1CC(O)CC(c2ccc(F)c(Cc3cc4ccsc4s3)c2)O1. The van der Waals surface area contributed by atoms with Crippen molar-refractivity contribution in [3.8, 4) is 0 Å². The minimum absolute atomic E-state index is 0.118. The number of halogens is 1. The van der Waals surface area contributed by atoms with Crippen LogP contribution in [-0.4, -0.2) is 29.0 Å². The second-order valence-electron chi connectivity index (χ2n) is 6.46. The van der Waals surface area contributed by atoms with E-state index in [1.54, 1.807) is 28.7 Å². The van der Waals surface area contributed by atoms with Crippen molar-refractivity contribution in [3.05, 3.63) is 57.5 Å². The molecule has 0 aliphatic carbocycles. The number of thiophene rings is 2. The summed E-state index contributed by atoms with van der Waals surface area (Å²) in [6.45, 7) is -0.118. The summed E-state index contributed by atoms with van der Waals surface area (Å²) in [6, 6.07) is 9.21. The Hall–Kier alpha value is -1.31. The molecule has 3 unspecified atom stereocenters. The van der Waals surface area contributed by atoms with Crippen LogP contribution < -0.4 is 0 Å². The Morgan fingerprint density at radius 2 is 2.08 bits per heavy atom. The first-order valence-corrected chi connectivity index (χ1v) is 10.0. The second-order valence-corrected chi connectivity index (χ2v) is 8.77. The van der Waals surface area contributed by atoms with Crippen LogP contribution in [0.25, 0.3) is 9.40 Å². The van der Waals surface area contributed by atoms with Crippen molar-refractivity contribution in [3.63, 3.8) is 0 Å². The standard InChI is InChI=1S/C19H19FO3S2/c20-17-2-1-11(18-9-14(22)8-15(10-21)23-18)5-13(17)7-16-6-12-3-4-24-19(12)25-16/h1-6,14-15,18,21-22H,7-10H2. The first-order chi connectivity index (χ1) is 12.1. The van der Waals surface area contributed by atoms with Crippen LogP contribution in [0.2, 0.25) is 0 Å². The van der Waals surface area contributed by atoms with Gasteiger partial charge in [-0.05, 0) is 40.8 Å². The molecule has 0 saturated carbocycles. The summed E-state index contributed by atoms with van der Waals surface area (Å²) in [5, 5.41) is 22.6. The van der Waals surface area contributed by atoms with Crippen LogP contribution in [0, 0.1) is 5.82 Å². The van der Waals surface area contributed by atoms with E-state index in [2.05, 4.69) is 17.5 Å². The van der Waals surface area contributed by atoms with Crippen molar-refractivity contribution >= 4 is 32.1 Å². The maximum Gasteiger partial charge on any atom is 0.126 e. The van der Waals surface area contributed by atoms with Gasteiger partial charge in [0, 0.05) is 29.5 Å². The normalized spacial score (nSPS) is 24.0. The monoisotopic (exact) mass is 378 g/mol. The van der Waals surface area contributed by atoms with Crippen molar-refractivity contribution in [1.29, 1.82) is 0 Å². The van der Waals surface area contributed by atoms with Gasteiger partial charge in [0.1, 0.15) is 5.82 Å². The van der Waals surface area contributed by atoms with Crippen LogP contribution in [0.3, 0.4) is 0 Å². The predicted octanol–water partition coefficient (Wildman–Crippen LogP) is 4.27. The molecular weight excluding hydrogens is 359 g/mol. The average molecular weight is 378 g/mol. The molecule has 1 aliphatic heterocycles. The summed E-state index contributed by atoms with van der Waals surface area (Å²) in [5.41, 5.74) is 1.49. The Bertz CT molecular complexity index is 844. The van der Waals surface area contributed by atoms with Crippen molar-refractivity contribution < 1.29 is 19.3 Å². The molecule has 2 aromatic heterocycles. The van der Waals surface area contributed by atoms with Crippen molar-refractivity contribution in [2.24, 2.45) is 0 Å². The fourth-order valence-corrected chi connectivity index (χ4v) is 5.52. The van der Waals surface area contributed by atoms with E-state index in [0.717, 1.165) is 10.4 Å². The Balaban J connectivity index is 1.58. The van der Waals surface area contributed by atoms with E-state index in [0.29, 0.717) is 24.8 Å². The molecule has 0 spiro atoms. The number of benzene rings is 1. The number of fused-ring (bicyclic) bond motifs is 1. The zero-order chi connectivity index (χ0) is 17.4. The van der Waals surface area contributed by atoms with Crippen LogP contribution in [0.1, 0.15) is 34.9 Å². The lowest BCUT2D eigenvalue weighted by Crippen LogP contribution is -2.33. The molecule has 3 aromatic rings. The van der Waals surface area contributed by atoms with E-state index in [9.17, 15) is 14.6 Å². The highest BCUT2D eigenvalue weighted by Gasteiger charge is 2.29. The molecule has 4 rings (SSSR count). The molecule has 1 aliphatic rings. The summed E-state index contributed by atoms with van der Waals surface area (Å²) in [6.07, 6.45) is 0.264. The van der Waals surface area contributed by atoms with Crippen molar-refractivity contribution in [2.45, 2.75) is 37.6 Å². The van der Waals surface area contributed by atoms with Gasteiger partial charge >= 0.3 is 0 Å². The van der Waals surface area contributed by atoms with E-state index in [1.807, 2.05) is 6.07 Å². The Morgan fingerprint density at radius 3 is 2.88 bits per heavy atom. The smallest absolute Gasteiger partial charge is 0.126 e.